The van der Waals surface area contributed by atoms with Crippen LogP contribution in [0.1, 0.15) is 49.9 Å². The van der Waals surface area contributed by atoms with E-state index in [4.69, 9.17) is 8.83 Å². The van der Waals surface area contributed by atoms with Gasteiger partial charge in [-0.25, -0.2) is 0 Å². The first-order valence-corrected chi connectivity index (χ1v) is 29.2. The van der Waals surface area contributed by atoms with Crippen molar-refractivity contribution < 1.29 is 8.83 Å². The van der Waals surface area contributed by atoms with Gasteiger partial charge < -0.3 is 18.6 Å². The van der Waals surface area contributed by atoms with E-state index in [1.807, 2.05) is 0 Å². The monoisotopic (exact) mass is 1080 g/mol. The minimum absolute atomic E-state index is 0.217. The summed E-state index contributed by atoms with van der Waals surface area (Å²) in [6.45, 7) is 9.55. The Balaban J connectivity index is 1.000. The molecule has 0 saturated heterocycles. The van der Waals surface area contributed by atoms with Crippen molar-refractivity contribution in [1.82, 2.24) is 0 Å². The van der Waals surface area contributed by atoms with Crippen molar-refractivity contribution in [2.24, 2.45) is 0 Å². The van der Waals surface area contributed by atoms with Gasteiger partial charge >= 0.3 is 0 Å². The Labute approximate surface area is 487 Å². The van der Waals surface area contributed by atoms with E-state index in [1.54, 1.807) is 0 Å². The van der Waals surface area contributed by atoms with Gasteiger partial charge in [-0.15, -0.1) is 0 Å². The van der Waals surface area contributed by atoms with Gasteiger partial charge in [0.2, 0.25) is 0 Å². The molecule has 2 aromatic heterocycles. The molecule has 13 aromatic carbocycles. The minimum Gasteiger partial charge on any atom is -0.456 e. The molecular weight excluding hydrogens is 1020 g/mol. The van der Waals surface area contributed by atoms with Gasteiger partial charge in [0, 0.05) is 44.4 Å². The van der Waals surface area contributed by atoms with Gasteiger partial charge in [0.1, 0.15) is 22.3 Å². The normalized spacial score (nSPS) is 13.7. The first-order chi connectivity index (χ1) is 41.2. The summed E-state index contributed by atoms with van der Waals surface area (Å²) >= 11 is 0. The Kier molecular flexibility index (Phi) is 10.4. The Bertz CT molecular complexity index is 4890. The summed E-state index contributed by atoms with van der Waals surface area (Å²) in [4.78, 5) is 4.85. The molecule has 398 valence electrons. The number of benzene rings is 13. The number of nitrogens with zero attached hydrogens (tertiary/aromatic N) is 2. The first-order valence-electron chi connectivity index (χ1n) is 29.2. The molecule has 0 N–H and O–H groups in total. The highest BCUT2D eigenvalue weighted by Gasteiger charge is 2.38. The van der Waals surface area contributed by atoms with Gasteiger partial charge in [0.25, 0.3) is 0 Å². The van der Waals surface area contributed by atoms with Crippen LogP contribution in [0.2, 0.25) is 0 Å². The van der Waals surface area contributed by atoms with E-state index in [0.717, 1.165) is 78.0 Å². The Morgan fingerprint density at radius 2 is 0.643 bits per heavy atom. The third-order valence-corrected chi connectivity index (χ3v) is 18.6. The van der Waals surface area contributed by atoms with Crippen LogP contribution >= 0.6 is 0 Å². The third-order valence-electron chi connectivity index (χ3n) is 18.6. The van der Waals surface area contributed by atoms with Crippen LogP contribution in [0.25, 0.3) is 110 Å². The Hall–Kier alpha value is -10.4. The second kappa shape index (κ2) is 18.0. The summed E-state index contributed by atoms with van der Waals surface area (Å²) in [6.07, 6.45) is 0. The quantitative estimate of drug-likeness (QED) is 0.142. The maximum absolute atomic E-state index is 6.60. The lowest BCUT2D eigenvalue weighted by molar-refractivity contribution is 0.660. The summed E-state index contributed by atoms with van der Waals surface area (Å²) in [6, 6.07) is 98.3. The zero-order chi connectivity index (χ0) is 56.0. The third kappa shape index (κ3) is 7.01. The van der Waals surface area contributed by atoms with Crippen molar-refractivity contribution in [3.63, 3.8) is 0 Å². The molecule has 0 unspecified atom stereocenters. The van der Waals surface area contributed by atoms with Gasteiger partial charge in [-0.05, 0) is 185 Å². The molecule has 0 fully saturated rings. The van der Waals surface area contributed by atoms with Crippen molar-refractivity contribution in [2.75, 3.05) is 9.80 Å². The summed E-state index contributed by atoms with van der Waals surface area (Å²) < 4.78 is 13.2. The maximum atomic E-state index is 6.60. The van der Waals surface area contributed by atoms with E-state index < -0.39 is 0 Å². The second-order valence-corrected chi connectivity index (χ2v) is 23.9. The highest BCUT2D eigenvalue weighted by Crippen LogP contribution is 2.56. The molecule has 2 aliphatic carbocycles. The smallest absolute Gasteiger partial charge is 0.137 e. The van der Waals surface area contributed by atoms with Crippen LogP contribution in [0.3, 0.4) is 0 Å². The predicted molar refractivity (Wildman–Crippen MR) is 351 cm³/mol. The van der Waals surface area contributed by atoms with Crippen LogP contribution in [0, 0.1) is 0 Å². The summed E-state index contributed by atoms with van der Waals surface area (Å²) in [5, 5.41) is 8.99. The van der Waals surface area contributed by atoms with Crippen LogP contribution < -0.4 is 9.80 Å². The molecule has 0 radical (unpaired) electrons. The van der Waals surface area contributed by atoms with Gasteiger partial charge in [-0.3, -0.25) is 0 Å². The molecule has 0 atom stereocenters. The summed E-state index contributed by atoms with van der Waals surface area (Å²) in [5.41, 5.74) is 24.6. The van der Waals surface area contributed by atoms with Crippen LogP contribution in [0.4, 0.5) is 34.1 Å². The number of hydrogen-bond acceptors (Lipinski definition) is 4. The average Bonchev–Trinajstić information content (AvgIpc) is 1.71. The van der Waals surface area contributed by atoms with Crippen LogP contribution in [0.5, 0.6) is 0 Å². The highest BCUT2D eigenvalue weighted by atomic mass is 16.3. The van der Waals surface area contributed by atoms with Crippen LogP contribution in [-0.4, -0.2) is 0 Å². The number of fused-ring (bicyclic) bond motifs is 14. The SMILES string of the molecule is CC1(C)c2ccccc2-c2ccc(-c3c4ccc(N(c5ccccc5)c5cccc6oc7ccccc7c56)cc4c(-c4ccc5c(c4)C(C)(C)c4ccccc4-5)c4ccc(N(c5ccccc5)c5cccc6oc7ccccc7c56)cc34)cc21. The molecule has 15 aromatic rings. The van der Waals surface area contributed by atoms with Crippen LogP contribution in [0.15, 0.2) is 276 Å². The molecule has 0 amide bonds. The fraction of sp³-hybridized carbons (Fsp3) is 0.0750. The van der Waals surface area contributed by atoms with Gasteiger partial charge in [0.15, 0.2) is 0 Å². The van der Waals surface area contributed by atoms with Crippen LogP contribution in [-0.2, 0) is 10.8 Å². The molecule has 2 aliphatic rings. The molecule has 0 spiro atoms. The van der Waals surface area contributed by atoms with Gasteiger partial charge in [-0.2, -0.15) is 0 Å². The lowest BCUT2D eigenvalue weighted by atomic mass is 9.79. The fourth-order valence-corrected chi connectivity index (χ4v) is 14.7. The van der Waals surface area contributed by atoms with E-state index in [0.29, 0.717) is 0 Å². The number of furan rings is 2. The van der Waals surface area contributed by atoms with Crippen molar-refractivity contribution in [3.8, 4) is 44.5 Å². The molecule has 0 bridgehead atoms. The first kappa shape index (κ1) is 48.3. The molecule has 0 saturated carbocycles. The molecule has 4 heteroatoms. The molecule has 4 nitrogen and oxygen atoms in total. The van der Waals surface area contributed by atoms with Crippen molar-refractivity contribution in [3.05, 3.63) is 289 Å². The van der Waals surface area contributed by atoms with Crippen molar-refractivity contribution >= 4 is 99.5 Å². The Morgan fingerprint density at radius 3 is 1.10 bits per heavy atom. The standard InChI is InChI=1S/C80H56N2O2/c1-79(2)65-29-15-11-25-55(65)57-41-37-49(45-67(57)79)75-59-43-39-54(82(52-23-9-6-10-24-52)70-32-20-36-74-78(70)62-28-14-18-34-72(62)84-74)48-64(59)76(50-38-42-58-56-26-12-16-30-66(56)80(3,4)68(58)46-50)60-44-40-53(47-63(60)75)81(51-21-7-5-8-22-51)69-31-19-35-73-77(69)61-27-13-17-33-71(61)83-73/h5-48H,1-4H3. The minimum atomic E-state index is -0.217. The molecule has 2 heterocycles. The average molecular weight is 1080 g/mol. The largest absolute Gasteiger partial charge is 0.456 e. The van der Waals surface area contributed by atoms with E-state index in [2.05, 4.69) is 304 Å². The van der Waals surface area contributed by atoms with Gasteiger partial charge in [0.05, 0.1) is 22.1 Å². The van der Waals surface area contributed by atoms with Crippen molar-refractivity contribution in [2.45, 2.75) is 38.5 Å². The van der Waals surface area contributed by atoms with E-state index >= 15 is 0 Å². The zero-order valence-electron chi connectivity index (χ0n) is 47.1. The van der Waals surface area contributed by atoms with Gasteiger partial charge in [-0.1, -0.05) is 198 Å². The molecule has 0 aliphatic heterocycles. The maximum Gasteiger partial charge on any atom is 0.137 e. The number of hydrogen-bond donors (Lipinski definition) is 0. The number of para-hydroxylation sites is 4. The van der Waals surface area contributed by atoms with E-state index in [1.165, 1.54) is 88.3 Å². The highest BCUT2D eigenvalue weighted by molar-refractivity contribution is 6.24. The molecule has 17 rings (SSSR count). The predicted octanol–water partition coefficient (Wildman–Crippen LogP) is 22.7. The molecule has 84 heavy (non-hydrogen) atoms. The molecular formula is C80H56N2O2. The number of rotatable bonds is 8. The fourth-order valence-electron chi connectivity index (χ4n) is 14.7. The van der Waals surface area contributed by atoms with E-state index in [-0.39, 0.29) is 10.8 Å². The second-order valence-electron chi connectivity index (χ2n) is 23.9. The topological polar surface area (TPSA) is 32.8 Å². The lowest BCUT2D eigenvalue weighted by Crippen LogP contribution is -2.15. The van der Waals surface area contributed by atoms with Crippen molar-refractivity contribution in [1.29, 1.82) is 0 Å². The lowest BCUT2D eigenvalue weighted by Gasteiger charge is -2.29. The summed E-state index contributed by atoms with van der Waals surface area (Å²) in [7, 11) is 0. The van der Waals surface area contributed by atoms with E-state index in [9.17, 15) is 0 Å². The number of anilines is 6. The Morgan fingerprint density at radius 1 is 0.262 bits per heavy atom. The summed E-state index contributed by atoms with van der Waals surface area (Å²) in [5.74, 6) is 0. The zero-order valence-corrected chi connectivity index (χ0v) is 47.1.